The number of aliphatic hydroxyl groups is 1. The number of fused-ring (bicyclic) bond motifs is 1. The van der Waals surface area contributed by atoms with Crippen LogP contribution in [0.2, 0.25) is 0 Å². The topological polar surface area (TPSA) is 110 Å². The van der Waals surface area contributed by atoms with Gasteiger partial charge in [0, 0.05) is 46.7 Å². The van der Waals surface area contributed by atoms with Crippen molar-refractivity contribution in [2.24, 2.45) is 0 Å². The number of carbonyl (C=O) groups excluding carboxylic acids is 1. The summed E-state index contributed by atoms with van der Waals surface area (Å²) in [6, 6.07) is 23.2. The summed E-state index contributed by atoms with van der Waals surface area (Å²) in [5.74, 6) is 0.855. The first-order valence-corrected chi connectivity index (χ1v) is 14.5. The van der Waals surface area contributed by atoms with E-state index >= 15 is 0 Å². The fraction of sp³-hybridized carbons (Fsp3) is 0.323. The number of nitrogens with zero attached hydrogens (tertiary/aromatic N) is 1. The maximum atomic E-state index is 13.0. The molecule has 9 heteroatoms. The number of anilines is 1. The monoisotopic (exact) mass is 606 g/mol. The molecule has 5 rings (SSSR count). The molecule has 5 N–H and O–H groups in total. The highest BCUT2D eigenvalue weighted by molar-refractivity contribution is 9.10. The fourth-order valence-electron chi connectivity index (χ4n) is 4.91. The van der Waals surface area contributed by atoms with Crippen LogP contribution < -0.4 is 15.4 Å². The van der Waals surface area contributed by atoms with E-state index in [1.807, 2.05) is 29.2 Å². The van der Waals surface area contributed by atoms with Crippen molar-refractivity contribution in [2.45, 2.75) is 31.4 Å². The molecule has 8 nitrogen and oxygen atoms in total. The van der Waals surface area contributed by atoms with E-state index in [2.05, 4.69) is 55.8 Å². The number of ether oxygens (including phenoxy) is 1. The number of nitrogens with one attached hydrogen (secondary N) is 3. The van der Waals surface area contributed by atoms with Crippen molar-refractivity contribution in [1.29, 1.82) is 0 Å². The highest BCUT2D eigenvalue weighted by Gasteiger charge is 2.24. The second kappa shape index (κ2) is 13.2. The van der Waals surface area contributed by atoms with Gasteiger partial charge in [0.05, 0.1) is 0 Å². The van der Waals surface area contributed by atoms with E-state index in [0.29, 0.717) is 24.0 Å². The number of hydrogen-bond donors (Lipinski definition) is 5. The van der Waals surface area contributed by atoms with Crippen LogP contribution in [0.3, 0.4) is 0 Å². The van der Waals surface area contributed by atoms with E-state index in [1.165, 1.54) is 5.56 Å². The van der Waals surface area contributed by atoms with Gasteiger partial charge in [-0.15, -0.1) is 0 Å². The van der Waals surface area contributed by atoms with E-state index in [9.17, 15) is 15.0 Å². The third kappa shape index (κ3) is 7.56. The second-order valence-corrected chi connectivity index (χ2v) is 11.2. The summed E-state index contributed by atoms with van der Waals surface area (Å²) in [6.45, 7) is 2.84. The lowest BCUT2D eigenvalue weighted by Gasteiger charge is -2.32. The number of phenols is 1. The molecule has 1 saturated heterocycles. The van der Waals surface area contributed by atoms with Crippen LogP contribution in [0.15, 0.2) is 77.3 Å². The Morgan fingerprint density at radius 3 is 2.55 bits per heavy atom. The zero-order valence-corrected chi connectivity index (χ0v) is 23.9. The molecule has 1 aromatic heterocycles. The molecule has 0 radical (unpaired) electrons. The van der Waals surface area contributed by atoms with Crippen molar-refractivity contribution in [3.05, 3.63) is 88.5 Å². The molecule has 3 aromatic carbocycles. The number of aromatic amines is 1. The Hall–Kier alpha value is -3.53. The minimum atomic E-state index is -0.619. The molecule has 1 fully saturated rings. The summed E-state index contributed by atoms with van der Waals surface area (Å²) >= 11 is 3.49. The van der Waals surface area contributed by atoms with Crippen LogP contribution in [0.5, 0.6) is 11.5 Å². The Kier molecular flexibility index (Phi) is 9.26. The first-order chi connectivity index (χ1) is 19.4. The minimum absolute atomic E-state index is 0.0566. The molecule has 1 aliphatic rings. The van der Waals surface area contributed by atoms with Gasteiger partial charge in [0.2, 0.25) is 0 Å². The number of rotatable bonds is 11. The van der Waals surface area contributed by atoms with Gasteiger partial charge in [-0.1, -0.05) is 28.1 Å². The number of phenolic OH excluding ortho intramolecular Hbond substituents is 1. The number of aliphatic hydroxyl groups excluding tert-OH is 1. The number of benzene rings is 3. The van der Waals surface area contributed by atoms with E-state index in [4.69, 9.17) is 4.74 Å². The summed E-state index contributed by atoms with van der Waals surface area (Å²) in [7, 11) is 0. The molecule has 0 saturated carbocycles. The molecule has 210 valence electrons. The maximum absolute atomic E-state index is 13.0. The number of carbonyl (C=O) groups is 1. The van der Waals surface area contributed by atoms with Crippen LogP contribution in [0.25, 0.3) is 10.9 Å². The smallest absolute Gasteiger partial charge is 0.270 e. The third-order valence-corrected chi connectivity index (χ3v) is 7.66. The molecular formula is C31H35BrN4O4. The van der Waals surface area contributed by atoms with Gasteiger partial charge in [0.25, 0.3) is 5.91 Å². The largest absolute Gasteiger partial charge is 0.508 e. The average Bonchev–Trinajstić information content (AvgIpc) is 3.39. The number of aromatic nitrogens is 1. The molecule has 1 atom stereocenters. The van der Waals surface area contributed by atoms with Gasteiger partial charge >= 0.3 is 0 Å². The molecule has 0 unspecified atom stereocenters. The van der Waals surface area contributed by atoms with Gasteiger partial charge < -0.3 is 35.5 Å². The lowest BCUT2D eigenvalue weighted by Crippen LogP contribution is -2.42. The number of H-pyrrole nitrogens is 1. The highest BCUT2D eigenvalue weighted by Crippen LogP contribution is 2.23. The number of aromatic hydroxyl groups is 1. The summed E-state index contributed by atoms with van der Waals surface area (Å²) < 4.78 is 6.54. The molecule has 4 aromatic rings. The third-order valence-electron chi connectivity index (χ3n) is 7.17. The zero-order valence-electron chi connectivity index (χ0n) is 22.3. The van der Waals surface area contributed by atoms with Gasteiger partial charge in [0.1, 0.15) is 29.9 Å². The van der Waals surface area contributed by atoms with Gasteiger partial charge in [-0.25, -0.2) is 0 Å². The second-order valence-electron chi connectivity index (χ2n) is 10.2. The number of piperidine rings is 1. The predicted octanol–water partition coefficient (Wildman–Crippen LogP) is 4.92. The number of halogens is 1. The first kappa shape index (κ1) is 28.0. The van der Waals surface area contributed by atoms with Crippen LogP contribution in [0.1, 0.15) is 28.9 Å². The molecule has 2 heterocycles. The van der Waals surface area contributed by atoms with Crippen molar-refractivity contribution >= 4 is 38.4 Å². The first-order valence-electron chi connectivity index (χ1n) is 13.7. The standard InChI is InChI=1S/C31H35BrN4O4/c32-23-3-10-29-22(17-23)18-30(35-29)31(39)36-15-12-25(13-16-36)34-24-4-1-21(2-5-24)11-14-33-19-27(38)20-40-28-8-6-26(37)7-9-28/h1-10,17-18,25,27,33-35,37-38H,11-16,19-20H2/t27-/m0/s1. The van der Waals surface area contributed by atoms with Crippen LogP contribution in [0.4, 0.5) is 5.69 Å². The fourth-order valence-corrected chi connectivity index (χ4v) is 5.29. The van der Waals surface area contributed by atoms with Crippen LogP contribution in [-0.2, 0) is 6.42 Å². The Morgan fingerprint density at radius 1 is 1.05 bits per heavy atom. The average molecular weight is 608 g/mol. The summed E-state index contributed by atoms with van der Waals surface area (Å²) in [6.07, 6.45) is 2.05. The van der Waals surface area contributed by atoms with Gasteiger partial charge in [0.15, 0.2) is 0 Å². The SMILES string of the molecule is O=C(c1cc2cc(Br)ccc2[nH]1)N1CCC(Nc2ccc(CCNC[C@H](O)COc3ccc(O)cc3)cc2)CC1. The lowest BCUT2D eigenvalue weighted by atomic mass is 10.0. The Labute approximate surface area is 242 Å². The Balaban J connectivity index is 0.992. The van der Waals surface area contributed by atoms with Gasteiger partial charge in [-0.3, -0.25) is 4.79 Å². The maximum Gasteiger partial charge on any atom is 0.270 e. The van der Waals surface area contributed by atoms with Crippen LogP contribution >= 0.6 is 15.9 Å². The molecular weight excluding hydrogens is 572 g/mol. The normalized spacial score (nSPS) is 14.8. The van der Waals surface area contributed by atoms with Crippen molar-refractivity contribution in [1.82, 2.24) is 15.2 Å². The highest BCUT2D eigenvalue weighted by atomic mass is 79.9. The summed E-state index contributed by atoms with van der Waals surface area (Å²) in [5.41, 5.74) is 3.92. The lowest BCUT2D eigenvalue weighted by molar-refractivity contribution is 0.0713. The molecule has 0 bridgehead atoms. The van der Waals surface area contributed by atoms with Crippen molar-refractivity contribution in [2.75, 3.05) is 38.1 Å². The molecule has 40 heavy (non-hydrogen) atoms. The van der Waals surface area contributed by atoms with Crippen molar-refractivity contribution in [3.63, 3.8) is 0 Å². The predicted molar refractivity (Wildman–Crippen MR) is 161 cm³/mol. The Morgan fingerprint density at radius 2 is 1.80 bits per heavy atom. The van der Waals surface area contributed by atoms with E-state index in [-0.39, 0.29) is 18.3 Å². The number of hydrogen-bond acceptors (Lipinski definition) is 6. The number of amides is 1. The summed E-state index contributed by atoms with van der Waals surface area (Å²) in [4.78, 5) is 18.2. The van der Waals surface area contributed by atoms with Gasteiger partial charge in [-0.2, -0.15) is 0 Å². The van der Waals surface area contributed by atoms with E-state index in [1.54, 1.807) is 24.3 Å². The van der Waals surface area contributed by atoms with Gasteiger partial charge in [-0.05, 0) is 92.0 Å². The van der Waals surface area contributed by atoms with E-state index in [0.717, 1.165) is 60.0 Å². The zero-order chi connectivity index (χ0) is 27.9. The van der Waals surface area contributed by atoms with Crippen LogP contribution in [0, 0.1) is 0 Å². The van der Waals surface area contributed by atoms with Crippen molar-refractivity contribution < 1.29 is 19.7 Å². The van der Waals surface area contributed by atoms with Crippen molar-refractivity contribution in [3.8, 4) is 11.5 Å². The number of likely N-dealkylation sites (tertiary alicyclic amines) is 1. The molecule has 0 aliphatic carbocycles. The molecule has 1 aliphatic heterocycles. The molecule has 1 amide bonds. The minimum Gasteiger partial charge on any atom is -0.508 e. The molecule has 0 spiro atoms. The quantitative estimate of drug-likeness (QED) is 0.155. The summed E-state index contributed by atoms with van der Waals surface area (Å²) in [5, 5.41) is 27.4. The Bertz CT molecular complexity index is 1400. The van der Waals surface area contributed by atoms with Crippen LogP contribution in [-0.4, -0.2) is 70.9 Å². The van der Waals surface area contributed by atoms with E-state index < -0.39 is 6.10 Å².